The van der Waals surface area contributed by atoms with Crippen LogP contribution in [0.2, 0.25) is 0 Å². The number of aromatic nitrogens is 2. The maximum absolute atomic E-state index is 11.1. The Morgan fingerprint density at radius 2 is 2.17 bits per heavy atom. The lowest BCUT2D eigenvalue weighted by Gasteiger charge is -2.32. The topological polar surface area (TPSA) is 113 Å². The van der Waals surface area contributed by atoms with E-state index in [0.717, 1.165) is 0 Å². The summed E-state index contributed by atoms with van der Waals surface area (Å²) < 4.78 is 0. The smallest absolute Gasteiger partial charge is 0.353 e. The average molecular weight is 253 g/mol. The zero-order valence-corrected chi connectivity index (χ0v) is 9.96. The van der Waals surface area contributed by atoms with Crippen LogP contribution in [0.4, 0.5) is 17.3 Å². The first-order chi connectivity index (χ1) is 8.61. The van der Waals surface area contributed by atoms with Crippen LogP contribution >= 0.6 is 0 Å². The Balaban J connectivity index is 2.22. The summed E-state index contributed by atoms with van der Waals surface area (Å²) in [6, 6.07) is 0.0306. The van der Waals surface area contributed by atoms with E-state index in [9.17, 15) is 15.2 Å². The molecule has 1 aromatic rings. The molecular weight excluding hydrogens is 238 g/mol. The van der Waals surface area contributed by atoms with Crippen molar-refractivity contribution in [1.29, 1.82) is 0 Å². The molecule has 1 heterocycles. The van der Waals surface area contributed by atoms with Crippen LogP contribution in [0.25, 0.3) is 0 Å². The summed E-state index contributed by atoms with van der Waals surface area (Å²) in [6.07, 6.45) is 2.12. The molecule has 0 saturated heterocycles. The SMILES string of the molecule is CCNc1ncnc(NC2CC(O)C2)c1[N+](=O)[O-]. The molecule has 1 aromatic heterocycles. The van der Waals surface area contributed by atoms with Gasteiger partial charge >= 0.3 is 5.69 Å². The quantitative estimate of drug-likeness (QED) is 0.524. The monoisotopic (exact) mass is 253 g/mol. The van der Waals surface area contributed by atoms with Crippen LogP contribution in [0, 0.1) is 10.1 Å². The maximum Gasteiger partial charge on any atom is 0.353 e. The number of aliphatic hydroxyl groups excluding tert-OH is 1. The number of rotatable bonds is 5. The standard InChI is InChI=1S/C10H15N5O3/c1-2-11-9-8(15(17)18)10(13-5-12-9)14-6-3-7(16)4-6/h5-7,16H,2-4H2,1H3,(H2,11,12,13,14). The number of hydrogen-bond acceptors (Lipinski definition) is 7. The summed E-state index contributed by atoms with van der Waals surface area (Å²) in [4.78, 5) is 18.3. The third-order valence-electron chi connectivity index (χ3n) is 2.80. The first-order valence-electron chi connectivity index (χ1n) is 5.79. The largest absolute Gasteiger partial charge is 0.393 e. The van der Waals surface area contributed by atoms with Crippen LogP contribution < -0.4 is 10.6 Å². The summed E-state index contributed by atoms with van der Waals surface area (Å²) in [7, 11) is 0. The van der Waals surface area contributed by atoms with E-state index >= 15 is 0 Å². The average Bonchev–Trinajstić information content (AvgIpc) is 2.27. The Morgan fingerprint density at radius 3 is 2.72 bits per heavy atom. The number of nitro groups is 1. The van der Waals surface area contributed by atoms with Gasteiger partial charge in [0.15, 0.2) is 0 Å². The summed E-state index contributed by atoms with van der Waals surface area (Å²) in [5.41, 5.74) is -0.152. The lowest BCUT2D eigenvalue weighted by molar-refractivity contribution is -0.383. The van der Waals surface area contributed by atoms with Crippen LogP contribution in [0.15, 0.2) is 6.33 Å². The number of hydrogen-bond donors (Lipinski definition) is 3. The molecule has 0 bridgehead atoms. The molecule has 8 heteroatoms. The van der Waals surface area contributed by atoms with Crippen molar-refractivity contribution in [2.45, 2.75) is 31.9 Å². The highest BCUT2D eigenvalue weighted by molar-refractivity contribution is 5.69. The molecule has 0 aliphatic heterocycles. The third kappa shape index (κ3) is 2.48. The maximum atomic E-state index is 11.1. The Kier molecular flexibility index (Phi) is 3.56. The highest BCUT2D eigenvalue weighted by atomic mass is 16.6. The molecule has 1 aliphatic rings. The predicted octanol–water partition coefficient (Wildman–Crippen LogP) is 0.752. The molecule has 1 aliphatic carbocycles. The molecular formula is C10H15N5O3. The summed E-state index contributed by atoms with van der Waals surface area (Å²) in [5.74, 6) is 0.405. The van der Waals surface area contributed by atoms with Gasteiger partial charge in [0.25, 0.3) is 0 Å². The van der Waals surface area contributed by atoms with Crippen molar-refractivity contribution in [1.82, 2.24) is 9.97 Å². The second kappa shape index (κ2) is 5.13. The van der Waals surface area contributed by atoms with Gasteiger partial charge in [-0.3, -0.25) is 10.1 Å². The van der Waals surface area contributed by atoms with Gasteiger partial charge in [0.2, 0.25) is 11.6 Å². The van der Waals surface area contributed by atoms with Crippen LogP contribution in [0.1, 0.15) is 19.8 Å². The molecule has 3 N–H and O–H groups in total. The molecule has 0 aromatic carbocycles. The van der Waals surface area contributed by atoms with E-state index in [1.165, 1.54) is 6.33 Å². The third-order valence-corrected chi connectivity index (χ3v) is 2.80. The van der Waals surface area contributed by atoms with Gasteiger partial charge in [0.05, 0.1) is 11.0 Å². The van der Waals surface area contributed by atoms with Gasteiger partial charge in [0, 0.05) is 12.6 Å². The van der Waals surface area contributed by atoms with Gasteiger partial charge in [-0.15, -0.1) is 0 Å². The van der Waals surface area contributed by atoms with Gasteiger partial charge in [0.1, 0.15) is 6.33 Å². The first kappa shape index (κ1) is 12.5. The molecule has 1 fully saturated rings. The zero-order chi connectivity index (χ0) is 13.1. The van der Waals surface area contributed by atoms with Crippen LogP contribution in [0.3, 0.4) is 0 Å². The number of nitrogens with zero attached hydrogens (tertiary/aromatic N) is 3. The molecule has 0 radical (unpaired) electrons. The summed E-state index contributed by atoms with van der Waals surface area (Å²) in [6.45, 7) is 2.38. The van der Waals surface area contributed by atoms with Gasteiger partial charge in [-0.1, -0.05) is 0 Å². The lowest BCUT2D eigenvalue weighted by Crippen LogP contribution is -2.39. The summed E-state index contributed by atoms with van der Waals surface area (Å²) in [5, 5.41) is 26.1. The number of aliphatic hydroxyl groups is 1. The minimum absolute atomic E-state index is 0.0306. The lowest BCUT2D eigenvalue weighted by atomic mass is 9.89. The molecule has 98 valence electrons. The van der Waals surface area contributed by atoms with Crippen LogP contribution in [0.5, 0.6) is 0 Å². The zero-order valence-electron chi connectivity index (χ0n) is 9.96. The van der Waals surface area contributed by atoms with Crippen molar-refractivity contribution >= 4 is 17.3 Å². The van der Waals surface area contributed by atoms with Crippen LogP contribution in [-0.2, 0) is 0 Å². The van der Waals surface area contributed by atoms with Crippen molar-refractivity contribution in [3.05, 3.63) is 16.4 Å². The van der Waals surface area contributed by atoms with Gasteiger partial charge in [-0.2, -0.15) is 0 Å². The van der Waals surface area contributed by atoms with Crippen molar-refractivity contribution in [2.75, 3.05) is 17.2 Å². The molecule has 8 nitrogen and oxygen atoms in total. The second-order valence-corrected chi connectivity index (χ2v) is 4.17. The molecule has 0 amide bonds. The fraction of sp³-hybridized carbons (Fsp3) is 0.600. The van der Waals surface area contributed by atoms with Gasteiger partial charge < -0.3 is 15.7 Å². The fourth-order valence-electron chi connectivity index (χ4n) is 1.85. The normalized spacial score (nSPS) is 22.1. The van der Waals surface area contributed by atoms with E-state index in [0.29, 0.717) is 19.4 Å². The molecule has 1 saturated carbocycles. The van der Waals surface area contributed by atoms with Crippen molar-refractivity contribution in [3.63, 3.8) is 0 Å². The van der Waals surface area contributed by atoms with Crippen LogP contribution in [-0.4, -0.2) is 38.7 Å². The van der Waals surface area contributed by atoms with E-state index in [1.807, 2.05) is 6.92 Å². The first-order valence-corrected chi connectivity index (χ1v) is 5.79. The number of anilines is 2. The molecule has 2 rings (SSSR count). The van der Waals surface area contributed by atoms with Gasteiger partial charge in [-0.25, -0.2) is 9.97 Å². The Bertz CT molecular complexity index is 447. The summed E-state index contributed by atoms with van der Waals surface area (Å²) >= 11 is 0. The predicted molar refractivity (Wildman–Crippen MR) is 65.5 cm³/mol. The molecule has 0 unspecified atom stereocenters. The van der Waals surface area contributed by atoms with E-state index in [-0.39, 0.29) is 29.5 Å². The van der Waals surface area contributed by atoms with Crippen molar-refractivity contribution in [3.8, 4) is 0 Å². The minimum atomic E-state index is -0.505. The van der Waals surface area contributed by atoms with Crippen molar-refractivity contribution < 1.29 is 10.0 Å². The Morgan fingerprint density at radius 1 is 1.50 bits per heavy atom. The Labute approximate surface area is 104 Å². The number of nitrogens with one attached hydrogen (secondary N) is 2. The van der Waals surface area contributed by atoms with Gasteiger partial charge in [-0.05, 0) is 19.8 Å². The van der Waals surface area contributed by atoms with E-state index in [4.69, 9.17) is 0 Å². The van der Waals surface area contributed by atoms with E-state index < -0.39 is 4.92 Å². The van der Waals surface area contributed by atoms with E-state index in [2.05, 4.69) is 20.6 Å². The molecule has 0 spiro atoms. The Hall–Kier alpha value is -1.96. The highest BCUT2D eigenvalue weighted by Gasteiger charge is 2.31. The fourth-order valence-corrected chi connectivity index (χ4v) is 1.85. The van der Waals surface area contributed by atoms with Crippen molar-refractivity contribution in [2.24, 2.45) is 0 Å². The minimum Gasteiger partial charge on any atom is -0.393 e. The second-order valence-electron chi connectivity index (χ2n) is 4.17. The van der Waals surface area contributed by atoms with E-state index in [1.54, 1.807) is 0 Å². The molecule has 0 atom stereocenters. The molecule has 18 heavy (non-hydrogen) atoms. The highest BCUT2D eigenvalue weighted by Crippen LogP contribution is 2.32.